The number of thiophene rings is 1. The molecule has 28 heavy (non-hydrogen) atoms. The fourth-order valence-corrected chi connectivity index (χ4v) is 4.96. The number of aromatic nitrogens is 1. The van der Waals surface area contributed by atoms with Crippen molar-refractivity contribution in [1.82, 2.24) is 9.88 Å². The summed E-state index contributed by atoms with van der Waals surface area (Å²) >= 11 is 3.03. The van der Waals surface area contributed by atoms with Crippen molar-refractivity contribution < 1.29 is 14.3 Å². The van der Waals surface area contributed by atoms with Gasteiger partial charge in [0.25, 0.3) is 0 Å². The van der Waals surface area contributed by atoms with E-state index in [4.69, 9.17) is 4.74 Å². The molecule has 0 spiro atoms. The van der Waals surface area contributed by atoms with Crippen LogP contribution in [0.25, 0.3) is 10.2 Å². The van der Waals surface area contributed by atoms with E-state index in [1.807, 2.05) is 50.1 Å². The maximum Gasteiger partial charge on any atom is 0.341 e. The molecule has 8 heteroatoms. The van der Waals surface area contributed by atoms with Gasteiger partial charge in [0, 0.05) is 4.88 Å². The van der Waals surface area contributed by atoms with Gasteiger partial charge in [-0.3, -0.25) is 9.69 Å². The van der Waals surface area contributed by atoms with Gasteiger partial charge in [-0.2, -0.15) is 0 Å². The summed E-state index contributed by atoms with van der Waals surface area (Å²) in [6, 6.07) is 7.99. The summed E-state index contributed by atoms with van der Waals surface area (Å²) in [5.41, 5.74) is 2.28. The van der Waals surface area contributed by atoms with E-state index in [1.165, 1.54) is 11.3 Å². The van der Waals surface area contributed by atoms with Crippen LogP contribution in [0.2, 0.25) is 0 Å². The van der Waals surface area contributed by atoms with E-state index in [1.54, 1.807) is 18.3 Å². The minimum absolute atomic E-state index is 0.171. The number of rotatable bonds is 7. The van der Waals surface area contributed by atoms with Gasteiger partial charge in [-0.25, -0.2) is 9.78 Å². The van der Waals surface area contributed by atoms with Crippen molar-refractivity contribution in [1.29, 1.82) is 0 Å². The van der Waals surface area contributed by atoms with Gasteiger partial charge in [-0.05, 0) is 45.5 Å². The highest BCUT2D eigenvalue weighted by Crippen LogP contribution is 2.33. The zero-order chi connectivity index (χ0) is 20.3. The number of carbonyl (C=O) groups is 2. The normalized spacial score (nSPS) is 11.2. The van der Waals surface area contributed by atoms with Crippen LogP contribution in [0.4, 0.5) is 5.00 Å². The molecule has 0 saturated carbocycles. The lowest BCUT2D eigenvalue weighted by atomic mass is 10.1. The number of nitrogens with one attached hydrogen (secondary N) is 1. The molecule has 148 valence electrons. The molecule has 2 heterocycles. The van der Waals surface area contributed by atoms with E-state index >= 15 is 0 Å². The summed E-state index contributed by atoms with van der Waals surface area (Å²) in [4.78, 5) is 32.3. The van der Waals surface area contributed by atoms with Gasteiger partial charge < -0.3 is 10.1 Å². The summed E-state index contributed by atoms with van der Waals surface area (Å²) in [6.45, 7) is 6.64. The van der Waals surface area contributed by atoms with Crippen molar-refractivity contribution in [3.63, 3.8) is 0 Å². The Bertz CT molecular complexity index is 976. The second-order valence-corrected chi connectivity index (χ2v) is 8.84. The maximum atomic E-state index is 12.5. The lowest BCUT2D eigenvalue weighted by Crippen LogP contribution is -2.30. The number of hydrogen-bond acceptors (Lipinski definition) is 7. The van der Waals surface area contributed by atoms with Crippen LogP contribution in [0.15, 0.2) is 24.3 Å². The number of amides is 1. The molecule has 3 rings (SSSR count). The topological polar surface area (TPSA) is 71.5 Å². The van der Waals surface area contributed by atoms with Crippen molar-refractivity contribution >= 4 is 49.8 Å². The Hall–Kier alpha value is -2.29. The van der Waals surface area contributed by atoms with Gasteiger partial charge >= 0.3 is 5.97 Å². The van der Waals surface area contributed by atoms with Crippen molar-refractivity contribution in [3.8, 4) is 0 Å². The zero-order valence-corrected chi connectivity index (χ0v) is 18.0. The standard InChI is InChI=1S/C20H23N3O3S2/c1-5-26-20(25)18-12(2)13(3)27-19(18)22-16(24)10-23(4)11-17-21-14-8-6-7-9-15(14)28-17/h6-9H,5,10-11H2,1-4H3,(H,22,24). The summed E-state index contributed by atoms with van der Waals surface area (Å²) < 4.78 is 6.27. The fourth-order valence-electron chi connectivity index (χ4n) is 2.85. The second-order valence-electron chi connectivity index (χ2n) is 6.50. The predicted octanol–water partition coefficient (Wildman–Crippen LogP) is 4.22. The maximum absolute atomic E-state index is 12.5. The van der Waals surface area contributed by atoms with Gasteiger partial charge in [0.05, 0.1) is 35.5 Å². The van der Waals surface area contributed by atoms with Gasteiger partial charge in [0.2, 0.25) is 5.91 Å². The number of carbonyl (C=O) groups excluding carboxylic acids is 2. The monoisotopic (exact) mass is 417 g/mol. The molecule has 1 amide bonds. The van der Waals surface area contributed by atoms with Crippen LogP contribution in [0.5, 0.6) is 0 Å². The average molecular weight is 418 g/mol. The first-order chi connectivity index (χ1) is 13.4. The molecule has 0 saturated heterocycles. The first kappa shape index (κ1) is 20.4. The number of esters is 1. The van der Waals surface area contributed by atoms with Gasteiger partial charge in [0.1, 0.15) is 10.0 Å². The van der Waals surface area contributed by atoms with E-state index in [9.17, 15) is 9.59 Å². The molecule has 6 nitrogen and oxygen atoms in total. The molecule has 0 aliphatic rings. The van der Waals surface area contributed by atoms with Crippen LogP contribution in [-0.4, -0.2) is 42.0 Å². The zero-order valence-electron chi connectivity index (χ0n) is 16.4. The lowest BCUT2D eigenvalue weighted by Gasteiger charge is -2.14. The highest BCUT2D eigenvalue weighted by atomic mass is 32.1. The number of aryl methyl sites for hydroxylation is 1. The van der Waals surface area contributed by atoms with E-state index in [2.05, 4.69) is 10.3 Å². The Morgan fingerprint density at radius 2 is 1.96 bits per heavy atom. The summed E-state index contributed by atoms with van der Waals surface area (Å²) in [6.07, 6.45) is 0. The van der Waals surface area contributed by atoms with Gasteiger partial charge in [0.15, 0.2) is 0 Å². The molecule has 0 aliphatic carbocycles. The summed E-state index contributed by atoms with van der Waals surface area (Å²) in [7, 11) is 1.88. The largest absolute Gasteiger partial charge is 0.462 e. The first-order valence-corrected chi connectivity index (χ1v) is 10.6. The van der Waals surface area contributed by atoms with Crippen LogP contribution in [0, 0.1) is 13.8 Å². The molecule has 1 aromatic carbocycles. The Morgan fingerprint density at radius 3 is 2.68 bits per heavy atom. The van der Waals surface area contributed by atoms with Crippen LogP contribution in [-0.2, 0) is 16.1 Å². The molecule has 1 N–H and O–H groups in total. The second kappa shape index (κ2) is 8.81. The van der Waals surface area contributed by atoms with E-state index in [-0.39, 0.29) is 12.5 Å². The fraction of sp³-hybridized carbons (Fsp3) is 0.350. The van der Waals surface area contributed by atoms with Gasteiger partial charge in [-0.15, -0.1) is 22.7 Å². The Labute approximate surface area is 172 Å². The SMILES string of the molecule is CCOC(=O)c1c(NC(=O)CN(C)Cc2nc3ccccc3s2)sc(C)c1C. The van der Waals surface area contributed by atoms with Crippen LogP contribution < -0.4 is 5.32 Å². The average Bonchev–Trinajstić information content (AvgIpc) is 3.15. The van der Waals surface area contributed by atoms with Crippen molar-refractivity contribution in [2.45, 2.75) is 27.3 Å². The highest BCUT2D eigenvalue weighted by molar-refractivity contribution is 7.18. The lowest BCUT2D eigenvalue weighted by molar-refractivity contribution is -0.117. The van der Waals surface area contributed by atoms with Crippen molar-refractivity contribution in [2.75, 3.05) is 25.5 Å². The number of nitrogens with zero attached hydrogens (tertiary/aromatic N) is 2. The molecule has 2 aromatic heterocycles. The van der Waals surface area contributed by atoms with Crippen LogP contribution in [0.1, 0.15) is 32.7 Å². The third kappa shape index (κ3) is 4.57. The molecule has 0 unspecified atom stereocenters. The quantitative estimate of drug-likeness (QED) is 0.583. The Kier molecular flexibility index (Phi) is 6.43. The number of thiazole rings is 1. The van der Waals surface area contributed by atoms with E-state index < -0.39 is 5.97 Å². The predicted molar refractivity (Wildman–Crippen MR) is 114 cm³/mol. The number of hydrogen-bond donors (Lipinski definition) is 1. The van der Waals surface area contributed by atoms with Gasteiger partial charge in [-0.1, -0.05) is 12.1 Å². The highest BCUT2D eigenvalue weighted by Gasteiger charge is 2.22. The van der Waals surface area contributed by atoms with Crippen molar-refractivity contribution in [3.05, 3.63) is 45.3 Å². The van der Waals surface area contributed by atoms with E-state index in [0.717, 1.165) is 25.7 Å². The third-order valence-electron chi connectivity index (χ3n) is 4.27. The van der Waals surface area contributed by atoms with Crippen LogP contribution in [0.3, 0.4) is 0 Å². The molecule has 0 fully saturated rings. The molecule has 0 atom stereocenters. The number of anilines is 1. The molecular formula is C20H23N3O3S2. The molecular weight excluding hydrogens is 394 g/mol. The number of ether oxygens (including phenoxy) is 1. The number of fused-ring (bicyclic) bond motifs is 1. The van der Waals surface area contributed by atoms with Crippen molar-refractivity contribution in [2.24, 2.45) is 0 Å². The Balaban J connectivity index is 1.65. The van der Waals surface area contributed by atoms with E-state index in [0.29, 0.717) is 23.7 Å². The molecule has 3 aromatic rings. The number of benzene rings is 1. The summed E-state index contributed by atoms with van der Waals surface area (Å²) in [5, 5.41) is 4.39. The van der Waals surface area contributed by atoms with Crippen LogP contribution >= 0.6 is 22.7 Å². The summed E-state index contributed by atoms with van der Waals surface area (Å²) in [5.74, 6) is -0.571. The minimum atomic E-state index is -0.400. The minimum Gasteiger partial charge on any atom is -0.462 e. The first-order valence-electron chi connectivity index (χ1n) is 8.99. The third-order valence-corrected chi connectivity index (χ3v) is 6.42. The molecule has 0 bridgehead atoms. The number of para-hydroxylation sites is 1. The number of likely N-dealkylation sites (N-methyl/N-ethyl adjacent to an activating group) is 1. The Morgan fingerprint density at radius 1 is 1.21 bits per heavy atom. The smallest absolute Gasteiger partial charge is 0.341 e. The molecule has 0 aliphatic heterocycles. The molecule has 0 radical (unpaired) electrons.